The fourth-order valence-electron chi connectivity index (χ4n) is 3.35. The molecule has 3 heterocycles. The molecule has 0 aliphatic carbocycles. The maximum Gasteiger partial charge on any atom is 0.250 e. The number of β-lactam (4-membered cyclic amide) rings is 1. The van der Waals surface area contributed by atoms with Crippen LogP contribution >= 0.6 is 22.9 Å². The highest BCUT2D eigenvalue weighted by atomic mass is 35.5. The zero-order valence-corrected chi connectivity index (χ0v) is 16.8. The van der Waals surface area contributed by atoms with Crippen molar-refractivity contribution in [1.29, 1.82) is 0 Å². The number of aromatic nitrogens is 5. The van der Waals surface area contributed by atoms with Crippen molar-refractivity contribution >= 4 is 45.0 Å². The predicted octanol–water partition coefficient (Wildman–Crippen LogP) is 3.04. The third-order valence-electron chi connectivity index (χ3n) is 4.85. The Labute approximate surface area is 174 Å². The number of amides is 1. The largest absolute Gasteiger partial charge is 0.497 e. The van der Waals surface area contributed by atoms with Crippen molar-refractivity contribution in [2.75, 3.05) is 12.0 Å². The number of alkyl halides is 1. The van der Waals surface area contributed by atoms with Gasteiger partial charge in [-0.25, -0.2) is 4.68 Å². The maximum absolute atomic E-state index is 12.5. The lowest BCUT2D eigenvalue weighted by Gasteiger charge is -2.42. The van der Waals surface area contributed by atoms with Crippen LogP contribution in [0.25, 0.3) is 11.0 Å². The van der Waals surface area contributed by atoms with Crippen LogP contribution in [-0.2, 0) is 11.3 Å². The minimum absolute atomic E-state index is 0.179. The summed E-state index contributed by atoms with van der Waals surface area (Å²) in [5, 5.41) is 17.4. The number of carbonyl (C=O) groups excluding carboxylic acids is 1. The third kappa shape index (κ3) is 3.02. The number of ether oxygens (including phenoxy) is 1. The number of nitrogens with zero attached hydrogens (tertiary/aromatic N) is 6. The minimum Gasteiger partial charge on any atom is -0.497 e. The number of benzene rings is 2. The van der Waals surface area contributed by atoms with Crippen molar-refractivity contribution in [3.05, 3.63) is 59.1 Å². The molecule has 0 N–H and O–H groups in total. The summed E-state index contributed by atoms with van der Waals surface area (Å²) < 4.78 is 6.96. The normalized spacial score (nSPS) is 18.8. The van der Waals surface area contributed by atoms with Gasteiger partial charge >= 0.3 is 0 Å². The SMILES string of the molecule is COc1ccc(C2C(Cl)C(=O)N2c2nnc(Cn3nnc4ccccc43)s2)cc1. The first-order chi connectivity index (χ1) is 14.2. The van der Waals surface area contributed by atoms with E-state index >= 15 is 0 Å². The van der Waals surface area contributed by atoms with E-state index in [4.69, 9.17) is 16.3 Å². The van der Waals surface area contributed by atoms with Crippen molar-refractivity contribution < 1.29 is 9.53 Å². The summed E-state index contributed by atoms with van der Waals surface area (Å²) in [6.45, 7) is 0.428. The quantitative estimate of drug-likeness (QED) is 0.360. The zero-order valence-electron chi connectivity index (χ0n) is 15.3. The molecule has 1 saturated heterocycles. The van der Waals surface area contributed by atoms with E-state index in [0.717, 1.165) is 27.4 Å². The van der Waals surface area contributed by atoms with Crippen LogP contribution in [0.4, 0.5) is 5.13 Å². The maximum atomic E-state index is 12.5. The van der Waals surface area contributed by atoms with E-state index in [-0.39, 0.29) is 11.9 Å². The topological polar surface area (TPSA) is 86.0 Å². The fraction of sp³-hybridized carbons (Fsp3) is 0.211. The molecule has 8 nitrogen and oxygen atoms in total. The van der Waals surface area contributed by atoms with Gasteiger partial charge in [-0.05, 0) is 29.8 Å². The molecule has 2 atom stereocenters. The van der Waals surface area contributed by atoms with Crippen LogP contribution in [0.1, 0.15) is 16.6 Å². The molecule has 146 valence electrons. The second-order valence-corrected chi connectivity index (χ2v) is 8.05. The molecule has 0 spiro atoms. The molecule has 0 saturated carbocycles. The van der Waals surface area contributed by atoms with Gasteiger partial charge in [0, 0.05) is 0 Å². The molecule has 1 aliphatic heterocycles. The van der Waals surface area contributed by atoms with Crippen molar-refractivity contribution in [3.63, 3.8) is 0 Å². The first-order valence-corrected chi connectivity index (χ1v) is 10.1. The van der Waals surface area contributed by atoms with E-state index in [1.807, 2.05) is 48.5 Å². The molecule has 2 aromatic carbocycles. The smallest absolute Gasteiger partial charge is 0.250 e. The monoisotopic (exact) mass is 426 g/mol. The zero-order chi connectivity index (χ0) is 20.0. The average Bonchev–Trinajstić information content (AvgIpc) is 3.39. The van der Waals surface area contributed by atoms with Gasteiger partial charge in [0.2, 0.25) is 11.0 Å². The predicted molar refractivity (Wildman–Crippen MR) is 109 cm³/mol. The summed E-state index contributed by atoms with van der Waals surface area (Å²) in [7, 11) is 1.61. The van der Waals surface area contributed by atoms with E-state index in [9.17, 15) is 4.79 Å². The van der Waals surface area contributed by atoms with Crippen LogP contribution in [0.15, 0.2) is 48.5 Å². The van der Waals surface area contributed by atoms with E-state index < -0.39 is 5.38 Å². The Balaban J connectivity index is 1.40. The molecule has 0 radical (unpaired) electrons. The van der Waals surface area contributed by atoms with Crippen LogP contribution in [0.5, 0.6) is 5.75 Å². The molecule has 29 heavy (non-hydrogen) atoms. The second-order valence-electron chi connectivity index (χ2n) is 6.54. The number of hydrogen-bond acceptors (Lipinski definition) is 7. The van der Waals surface area contributed by atoms with Crippen LogP contribution in [-0.4, -0.2) is 43.6 Å². The molecule has 5 rings (SSSR count). The molecule has 2 aromatic heterocycles. The first-order valence-electron chi connectivity index (χ1n) is 8.87. The van der Waals surface area contributed by atoms with Gasteiger partial charge in [-0.3, -0.25) is 9.69 Å². The van der Waals surface area contributed by atoms with Gasteiger partial charge in [0.05, 0.1) is 25.2 Å². The first kappa shape index (κ1) is 18.0. The summed E-state index contributed by atoms with van der Waals surface area (Å²) in [6.07, 6.45) is 0. The highest BCUT2D eigenvalue weighted by Gasteiger charge is 2.49. The number of fused-ring (bicyclic) bond motifs is 1. The van der Waals surface area contributed by atoms with Gasteiger partial charge in [0.25, 0.3) is 0 Å². The highest BCUT2D eigenvalue weighted by molar-refractivity contribution is 7.15. The fourth-order valence-corrected chi connectivity index (χ4v) is 4.58. The van der Waals surface area contributed by atoms with Gasteiger partial charge in [0.1, 0.15) is 21.7 Å². The van der Waals surface area contributed by atoms with Crippen LogP contribution in [0.2, 0.25) is 0 Å². The summed E-state index contributed by atoms with van der Waals surface area (Å²) in [6, 6.07) is 14.9. The van der Waals surface area contributed by atoms with Crippen LogP contribution < -0.4 is 9.64 Å². The van der Waals surface area contributed by atoms with Crippen LogP contribution in [0, 0.1) is 0 Å². The van der Waals surface area contributed by atoms with Crippen molar-refractivity contribution in [1.82, 2.24) is 25.2 Å². The molecule has 2 unspecified atom stereocenters. The molecule has 1 aliphatic rings. The Morgan fingerprint density at radius 1 is 1.10 bits per heavy atom. The van der Waals surface area contributed by atoms with Gasteiger partial charge in [0.15, 0.2) is 0 Å². The third-order valence-corrected chi connectivity index (χ3v) is 6.19. The standard InChI is InChI=1S/C19H15ClN6O2S/c1-28-12-8-6-11(7-9-12)17-16(20)18(27)26(17)19-23-22-15(29-19)10-25-14-5-3-2-4-13(14)21-24-25/h2-9,16-17H,10H2,1H3. The highest BCUT2D eigenvalue weighted by Crippen LogP contribution is 2.43. The van der Waals surface area contributed by atoms with Gasteiger partial charge < -0.3 is 4.74 Å². The lowest BCUT2D eigenvalue weighted by atomic mass is 9.94. The molecule has 1 amide bonds. The van der Waals surface area contributed by atoms with Crippen molar-refractivity contribution in [2.24, 2.45) is 0 Å². The van der Waals surface area contributed by atoms with Crippen molar-refractivity contribution in [3.8, 4) is 5.75 Å². The molecular formula is C19H15ClN6O2S. The van der Waals surface area contributed by atoms with Gasteiger partial charge in [-0.1, -0.05) is 40.8 Å². The molecule has 0 bridgehead atoms. The summed E-state index contributed by atoms with van der Waals surface area (Å²) >= 11 is 7.66. The van der Waals surface area contributed by atoms with E-state index in [0.29, 0.717) is 11.7 Å². The number of para-hydroxylation sites is 1. The summed E-state index contributed by atoms with van der Waals surface area (Å²) in [4.78, 5) is 14.0. The number of rotatable bonds is 5. The number of anilines is 1. The lowest BCUT2D eigenvalue weighted by molar-refractivity contribution is -0.123. The number of hydrogen-bond donors (Lipinski definition) is 0. The molecular weight excluding hydrogens is 412 g/mol. The van der Waals surface area contributed by atoms with E-state index in [2.05, 4.69) is 20.5 Å². The van der Waals surface area contributed by atoms with Gasteiger partial charge in [-0.2, -0.15) is 0 Å². The Morgan fingerprint density at radius 3 is 2.69 bits per heavy atom. The van der Waals surface area contributed by atoms with Crippen molar-refractivity contribution in [2.45, 2.75) is 18.0 Å². The van der Waals surface area contributed by atoms with Gasteiger partial charge in [-0.15, -0.1) is 26.9 Å². The minimum atomic E-state index is -0.630. The number of methoxy groups -OCH3 is 1. The Hall–Kier alpha value is -3.04. The Morgan fingerprint density at radius 2 is 1.90 bits per heavy atom. The van der Waals surface area contributed by atoms with E-state index in [1.165, 1.54) is 11.3 Å². The van der Waals surface area contributed by atoms with Crippen LogP contribution in [0.3, 0.4) is 0 Å². The Bertz CT molecular complexity index is 1190. The van der Waals surface area contributed by atoms with E-state index in [1.54, 1.807) is 16.7 Å². The second kappa shape index (κ2) is 7.09. The average molecular weight is 427 g/mol. The molecule has 1 fully saturated rings. The summed E-state index contributed by atoms with van der Waals surface area (Å²) in [5.41, 5.74) is 2.66. The number of carbonyl (C=O) groups is 1. The Kier molecular flexibility index (Phi) is 4.40. The molecule has 4 aromatic rings. The summed E-state index contributed by atoms with van der Waals surface area (Å²) in [5.74, 6) is 0.566. The lowest BCUT2D eigenvalue weighted by Crippen LogP contribution is -2.56. The number of halogens is 1. The molecule has 10 heteroatoms.